The van der Waals surface area contributed by atoms with Gasteiger partial charge in [0.15, 0.2) is 11.7 Å². The molecule has 4 heteroatoms. The predicted molar refractivity (Wildman–Crippen MR) is 71.4 cm³/mol. The van der Waals surface area contributed by atoms with Crippen molar-refractivity contribution in [1.82, 2.24) is 10.3 Å². The van der Waals surface area contributed by atoms with Crippen molar-refractivity contribution < 1.29 is 4.42 Å². The second-order valence-electron chi connectivity index (χ2n) is 4.01. The summed E-state index contributed by atoms with van der Waals surface area (Å²) in [4.78, 5) is 5.51. The van der Waals surface area contributed by atoms with Crippen LogP contribution in [-0.2, 0) is 6.42 Å². The maximum atomic E-state index is 5.76. The van der Waals surface area contributed by atoms with Gasteiger partial charge in [-0.05, 0) is 43.4 Å². The average molecular weight is 250 g/mol. The van der Waals surface area contributed by atoms with E-state index in [2.05, 4.69) is 35.6 Å². The van der Waals surface area contributed by atoms with Crippen molar-refractivity contribution in [3.63, 3.8) is 0 Å². The third kappa shape index (κ3) is 3.17. The molecule has 0 aliphatic rings. The minimum Gasteiger partial charge on any atom is -0.440 e. The molecule has 0 amide bonds. The van der Waals surface area contributed by atoms with E-state index in [4.69, 9.17) is 4.42 Å². The largest absolute Gasteiger partial charge is 0.440 e. The molecule has 1 N–H and O–H groups in total. The van der Waals surface area contributed by atoms with Crippen LogP contribution in [0.2, 0.25) is 0 Å². The van der Waals surface area contributed by atoms with Crippen LogP contribution < -0.4 is 5.32 Å². The number of aryl methyl sites for hydroxylation is 2. The first kappa shape index (κ1) is 12.3. The molecule has 0 radical (unpaired) electrons. The normalized spacial score (nSPS) is 10.9. The molecule has 0 aliphatic heterocycles. The molecule has 0 atom stereocenters. The van der Waals surface area contributed by atoms with Crippen molar-refractivity contribution >= 4 is 11.3 Å². The van der Waals surface area contributed by atoms with Gasteiger partial charge < -0.3 is 9.73 Å². The molecule has 0 saturated carbocycles. The molecule has 92 valence electrons. The van der Waals surface area contributed by atoms with E-state index in [1.807, 2.05) is 6.20 Å². The second kappa shape index (κ2) is 5.98. The third-order valence-corrected chi connectivity index (χ3v) is 3.66. The van der Waals surface area contributed by atoms with Gasteiger partial charge in [-0.1, -0.05) is 6.92 Å². The predicted octanol–water partition coefficient (Wildman–Crippen LogP) is 3.25. The molecule has 17 heavy (non-hydrogen) atoms. The molecule has 3 nitrogen and oxygen atoms in total. The highest BCUT2D eigenvalue weighted by Gasteiger charge is 2.09. The third-order valence-electron chi connectivity index (χ3n) is 2.63. The quantitative estimate of drug-likeness (QED) is 0.800. The van der Waals surface area contributed by atoms with Crippen LogP contribution in [-0.4, -0.2) is 18.1 Å². The molecule has 0 fully saturated rings. The Hall–Kier alpha value is -1.13. The Bertz CT molecular complexity index is 461. The number of hydrogen-bond acceptors (Lipinski definition) is 4. The number of thiophene rings is 1. The van der Waals surface area contributed by atoms with E-state index < -0.39 is 0 Å². The minimum absolute atomic E-state index is 0.839. The van der Waals surface area contributed by atoms with Crippen molar-refractivity contribution in [2.24, 2.45) is 0 Å². The van der Waals surface area contributed by atoms with Crippen LogP contribution in [0.4, 0.5) is 0 Å². The maximum Gasteiger partial charge on any atom is 0.194 e. The van der Waals surface area contributed by atoms with Gasteiger partial charge >= 0.3 is 0 Å². The highest BCUT2D eigenvalue weighted by atomic mass is 32.1. The number of nitrogens with zero attached hydrogens (tertiary/aromatic N) is 1. The first-order valence-electron chi connectivity index (χ1n) is 6.01. The zero-order valence-corrected chi connectivity index (χ0v) is 11.1. The van der Waals surface area contributed by atoms with E-state index in [-0.39, 0.29) is 0 Å². The van der Waals surface area contributed by atoms with Gasteiger partial charge in [0.05, 0.1) is 11.1 Å². The number of rotatable bonds is 6. The lowest BCUT2D eigenvalue weighted by Crippen LogP contribution is -2.14. The van der Waals surface area contributed by atoms with Gasteiger partial charge in [-0.15, -0.1) is 11.3 Å². The van der Waals surface area contributed by atoms with Crippen molar-refractivity contribution in [3.8, 4) is 10.6 Å². The van der Waals surface area contributed by atoms with Gasteiger partial charge in [0.25, 0.3) is 0 Å². The lowest BCUT2D eigenvalue weighted by Gasteiger charge is -1.98. The van der Waals surface area contributed by atoms with Gasteiger partial charge in [-0.25, -0.2) is 4.98 Å². The monoisotopic (exact) mass is 250 g/mol. The van der Waals surface area contributed by atoms with Crippen LogP contribution in [0.5, 0.6) is 0 Å². The Kier molecular flexibility index (Phi) is 4.34. The lowest BCUT2D eigenvalue weighted by molar-refractivity contribution is 0.493. The number of oxazole rings is 1. The summed E-state index contributed by atoms with van der Waals surface area (Å²) in [6, 6.07) is 2.10. The zero-order chi connectivity index (χ0) is 12.1. The highest BCUT2D eigenvalue weighted by molar-refractivity contribution is 7.13. The van der Waals surface area contributed by atoms with Crippen molar-refractivity contribution in [2.75, 3.05) is 13.1 Å². The van der Waals surface area contributed by atoms with Gasteiger partial charge in [0.2, 0.25) is 0 Å². The molecule has 0 unspecified atom stereocenters. The van der Waals surface area contributed by atoms with Crippen LogP contribution >= 0.6 is 11.3 Å². The van der Waals surface area contributed by atoms with Gasteiger partial charge in [0.1, 0.15) is 0 Å². The Morgan fingerprint density at radius 2 is 2.35 bits per heavy atom. The van der Waals surface area contributed by atoms with Gasteiger partial charge in [-0.2, -0.15) is 0 Å². The Balaban J connectivity index is 1.95. The highest BCUT2D eigenvalue weighted by Crippen LogP contribution is 2.29. The average Bonchev–Trinajstić information content (AvgIpc) is 2.93. The van der Waals surface area contributed by atoms with Crippen molar-refractivity contribution in [1.29, 1.82) is 0 Å². The summed E-state index contributed by atoms with van der Waals surface area (Å²) in [6.45, 7) is 6.25. The number of nitrogens with one attached hydrogen (secondary N) is 1. The molecule has 0 bridgehead atoms. The van der Waals surface area contributed by atoms with Gasteiger partial charge in [-0.3, -0.25) is 0 Å². The lowest BCUT2D eigenvalue weighted by atomic mass is 10.2. The number of hydrogen-bond donors (Lipinski definition) is 1. The van der Waals surface area contributed by atoms with Crippen molar-refractivity contribution in [2.45, 2.75) is 26.7 Å². The van der Waals surface area contributed by atoms with E-state index in [0.717, 1.165) is 37.6 Å². The molecule has 2 heterocycles. The summed E-state index contributed by atoms with van der Waals surface area (Å²) in [6.07, 6.45) is 3.80. The Morgan fingerprint density at radius 3 is 3.06 bits per heavy atom. The minimum atomic E-state index is 0.839. The first-order valence-corrected chi connectivity index (χ1v) is 6.89. The fraction of sp³-hybridized carbons (Fsp3) is 0.462. The summed E-state index contributed by atoms with van der Waals surface area (Å²) >= 11 is 1.70. The summed E-state index contributed by atoms with van der Waals surface area (Å²) in [5.41, 5.74) is 1.25. The standard InChI is InChI=1S/C13H18N2OS/c1-3-14-7-4-5-12-15-9-11(16-12)13-10(2)6-8-17-13/h6,8-9,14H,3-5,7H2,1-2H3. The number of aromatic nitrogens is 1. The topological polar surface area (TPSA) is 38.1 Å². The van der Waals surface area contributed by atoms with E-state index in [1.54, 1.807) is 11.3 Å². The van der Waals surface area contributed by atoms with Gasteiger partial charge in [0, 0.05) is 6.42 Å². The van der Waals surface area contributed by atoms with Crippen LogP contribution in [0, 0.1) is 6.92 Å². The van der Waals surface area contributed by atoms with Crippen LogP contribution in [0.25, 0.3) is 10.6 Å². The molecule has 0 spiro atoms. The SMILES string of the molecule is CCNCCCc1ncc(-c2sccc2C)o1. The summed E-state index contributed by atoms with van der Waals surface area (Å²) < 4.78 is 5.76. The summed E-state index contributed by atoms with van der Waals surface area (Å²) in [5.74, 6) is 1.74. The molecule has 2 aromatic heterocycles. The van der Waals surface area contributed by atoms with E-state index in [1.165, 1.54) is 10.4 Å². The van der Waals surface area contributed by atoms with Crippen LogP contribution in [0.3, 0.4) is 0 Å². The maximum absolute atomic E-state index is 5.76. The van der Waals surface area contributed by atoms with Crippen molar-refractivity contribution in [3.05, 3.63) is 29.1 Å². The molecule has 0 aliphatic carbocycles. The van der Waals surface area contributed by atoms with E-state index in [0.29, 0.717) is 0 Å². The molecule has 2 rings (SSSR count). The fourth-order valence-electron chi connectivity index (χ4n) is 1.70. The summed E-state index contributed by atoms with van der Waals surface area (Å²) in [5, 5.41) is 5.38. The smallest absolute Gasteiger partial charge is 0.194 e. The zero-order valence-electron chi connectivity index (χ0n) is 10.3. The van der Waals surface area contributed by atoms with Crippen LogP contribution in [0.1, 0.15) is 24.8 Å². The Labute approximate surface area is 106 Å². The molecule has 0 saturated heterocycles. The molecule has 0 aromatic carbocycles. The molecular weight excluding hydrogens is 232 g/mol. The second-order valence-corrected chi connectivity index (χ2v) is 4.92. The first-order chi connectivity index (χ1) is 8.31. The Morgan fingerprint density at radius 1 is 1.47 bits per heavy atom. The van der Waals surface area contributed by atoms with E-state index >= 15 is 0 Å². The van der Waals surface area contributed by atoms with E-state index in [9.17, 15) is 0 Å². The summed E-state index contributed by atoms with van der Waals surface area (Å²) in [7, 11) is 0. The fourth-order valence-corrected chi connectivity index (χ4v) is 2.57. The molecule has 2 aromatic rings. The molecular formula is C13H18N2OS. The van der Waals surface area contributed by atoms with Crippen LogP contribution in [0.15, 0.2) is 22.1 Å².